The van der Waals surface area contributed by atoms with Gasteiger partial charge in [0.25, 0.3) is 0 Å². The third kappa shape index (κ3) is 3.54. The topological polar surface area (TPSA) is 149 Å². The van der Waals surface area contributed by atoms with Crippen molar-refractivity contribution in [2.24, 2.45) is 21.8 Å². The van der Waals surface area contributed by atoms with Crippen LogP contribution in [0.15, 0.2) is 92.3 Å². The average Bonchev–Trinajstić information content (AvgIpc) is 3.90. The molecule has 2 aromatic rings. The maximum Gasteiger partial charge on any atom is 0.201 e. The van der Waals surface area contributed by atoms with Gasteiger partial charge in [-0.3, -0.25) is 19.2 Å². The molecule has 10 nitrogen and oxygen atoms in total. The van der Waals surface area contributed by atoms with Crippen LogP contribution in [0.1, 0.15) is 56.0 Å². The zero-order chi connectivity index (χ0) is 34.3. The number of carbonyl (C=O) groups is 4. The van der Waals surface area contributed by atoms with E-state index in [0.29, 0.717) is 11.7 Å². The Labute approximate surface area is 311 Å². The van der Waals surface area contributed by atoms with Gasteiger partial charge in [-0.25, -0.2) is 9.98 Å². The summed E-state index contributed by atoms with van der Waals surface area (Å²) in [5.74, 6) is 0.955. The standard InChI is InChI=1S/C38H22N6O4S4/c45-35-11-1-7-21(51-35)29-23(11)15-9-17-27-19-5-3-13(37(47)49-19)25(27)32(41-17)44-34-30-22-8-2-12(36(46)52-22)24(30)16(40-34)10-18-28-20-6-4-14(38(48)50-20)26(28)31(42-18)43-33(29)39-15/h1-14,19-22H,(H2,39,42,43)(H2,40,41,44). The van der Waals surface area contributed by atoms with Crippen LogP contribution in [0.2, 0.25) is 0 Å². The second-order valence-electron chi connectivity index (χ2n) is 14.2. The highest BCUT2D eigenvalue weighted by Gasteiger charge is 2.49. The quantitative estimate of drug-likeness (QED) is 0.218. The van der Waals surface area contributed by atoms with Crippen LogP contribution in [0.5, 0.6) is 0 Å². The van der Waals surface area contributed by atoms with E-state index in [1.54, 1.807) is 0 Å². The van der Waals surface area contributed by atoms with Gasteiger partial charge in [0.05, 0.1) is 56.1 Å². The van der Waals surface area contributed by atoms with E-state index in [1.807, 2.05) is 36.5 Å². The molecule has 2 aromatic heterocycles. The molecule has 14 heteroatoms. The van der Waals surface area contributed by atoms with Gasteiger partial charge in [0.2, 0.25) is 20.5 Å². The Balaban J connectivity index is 1.09. The number of anilines is 2. The normalized spacial score (nSPS) is 34.3. The highest BCUT2D eigenvalue weighted by molar-refractivity contribution is 8.15. The Morgan fingerprint density at radius 3 is 1.25 bits per heavy atom. The van der Waals surface area contributed by atoms with Crippen molar-refractivity contribution in [3.8, 4) is 0 Å². The van der Waals surface area contributed by atoms with Gasteiger partial charge in [-0.1, -0.05) is 95.7 Å². The number of aliphatic imine (C=N–C) groups is 2. The first-order valence-corrected chi connectivity index (χ1v) is 20.6. The molecule has 0 aromatic carbocycles. The van der Waals surface area contributed by atoms with Crippen molar-refractivity contribution in [3.05, 3.63) is 116 Å². The molecule has 16 bridgehead atoms. The maximum absolute atomic E-state index is 13.4. The number of hydrogen-bond acceptors (Lipinski definition) is 12. The molecule has 0 saturated heterocycles. The fourth-order valence-electron chi connectivity index (χ4n) is 9.54. The summed E-state index contributed by atoms with van der Waals surface area (Å²) in [6.07, 6.45) is 20.4. The number of nitrogens with one attached hydrogen (secondary N) is 4. The summed E-state index contributed by atoms with van der Waals surface area (Å²) >= 11 is 5.30. The molecule has 17 rings (SSSR count). The lowest BCUT2D eigenvalue weighted by molar-refractivity contribution is -0.113. The first-order chi connectivity index (χ1) is 25.4. The molecule has 0 amide bonds. The average molecular weight is 755 g/mol. The van der Waals surface area contributed by atoms with Crippen LogP contribution in [0.25, 0.3) is 12.2 Å². The zero-order valence-electron chi connectivity index (χ0n) is 26.6. The number of amidine groups is 2. The van der Waals surface area contributed by atoms with Crippen molar-refractivity contribution in [2.45, 2.75) is 32.8 Å². The van der Waals surface area contributed by atoms with Gasteiger partial charge in [0, 0.05) is 44.8 Å². The largest absolute Gasteiger partial charge is 0.341 e. The van der Waals surface area contributed by atoms with Gasteiger partial charge in [-0.05, 0) is 23.3 Å². The number of aromatic amines is 2. The van der Waals surface area contributed by atoms with E-state index >= 15 is 0 Å². The Bertz CT molecular complexity index is 2450. The predicted molar refractivity (Wildman–Crippen MR) is 206 cm³/mol. The van der Waals surface area contributed by atoms with E-state index in [4.69, 9.17) is 9.98 Å². The molecule has 0 fully saturated rings. The van der Waals surface area contributed by atoms with Crippen LogP contribution in [0.4, 0.5) is 11.6 Å². The number of thioether (sulfide) groups is 4. The minimum absolute atomic E-state index is 0.0923. The third-order valence-corrected chi connectivity index (χ3v) is 16.2. The fourth-order valence-corrected chi connectivity index (χ4v) is 14.0. The molecule has 13 heterocycles. The SMILES string of the molecule is O=C1SC2C=CC1C1=C2C2=Cc3[nH]c(c4c3C3C=CC4SC3=O)NC3=NC(=Cc4[nH]c(c5c4C4C=CC5SC4=O)NC1=N2)C1=C3C2C=CC1SC2=O. The summed E-state index contributed by atoms with van der Waals surface area (Å²) < 4.78 is 0. The minimum atomic E-state index is -0.443. The molecule has 0 radical (unpaired) electrons. The summed E-state index contributed by atoms with van der Waals surface area (Å²) in [5, 5.41) is 6.94. The number of nitrogens with zero attached hydrogens (tertiary/aromatic N) is 2. The molecule has 0 spiro atoms. The van der Waals surface area contributed by atoms with Gasteiger partial charge < -0.3 is 20.6 Å². The van der Waals surface area contributed by atoms with E-state index in [1.165, 1.54) is 47.0 Å². The maximum atomic E-state index is 13.4. The number of carbonyl (C=O) groups excluding carboxylic acids is 4. The first kappa shape index (κ1) is 29.0. The highest BCUT2D eigenvalue weighted by Crippen LogP contribution is 2.57. The van der Waals surface area contributed by atoms with E-state index < -0.39 is 23.7 Å². The fraction of sp³-hybridized carbons (Fsp3) is 0.211. The Morgan fingerprint density at radius 2 is 0.827 bits per heavy atom. The van der Waals surface area contributed by atoms with Crippen molar-refractivity contribution in [3.63, 3.8) is 0 Å². The van der Waals surface area contributed by atoms with Gasteiger partial charge in [-0.2, -0.15) is 0 Å². The number of fused-ring (bicyclic) bond motifs is 10. The summed E-state index contributed by atoms with van der Waals surface area (Å²) in [6.45, 7) is 0. The minimum Gasteiger partial charge on any atom is -0.341 e. The van der Waals surface area contributed by atoms with Crippen molar-refractivity contribution >= 4 is 103 Å². The Hall–Kier alpha value is -4.50. The molecule has 8 unspecified atom stereocenters. The number of hydrogen-bond donors (Lipinski definition) is 4. The molecule has 4 aliphatic carbocycles. The number of rotatable bonds is 0. The molecule has 11 aliphatic heterocycles. The van der Waals surface area contributed by atoms with Gasteiger partial charge in [0.1, 0.15) is 23.3 Å². The second-order valence-corrected chi connectivity index (χ2v) is 18.8. The van der Waals surface area contributed by atoms with Crippen molar-refractivity contribution in [1.82, 2.24) is 9.97 Å². The van der Waals surface area contributed by atoms with E-state index in [2.05, 4.69) is 44.9 Å². The lowest BCUT2D eigenvalue weighted by Gasteiger charge is -2.32. The highest BCUT2D eigenvalue weighted by atomic mass is 32.2. The summed E-state index contributed by atoms with van der Waals surface area (Å²) in [5.41, 5.74) is 10.6. The summed E-state index contributed by atoms with van der Waals surface area (Å²) in [6, 6.07) is 0. The molecule has 252 valence electrons. The van der Waals surface area contributed by atoms with Gasteiger partial charge in [-0.15, -0.1) is 0 Å². The molecule has 52 heavy (non-hydrogen) atoms. The Kier molecular flexibility index (Phi) is 5.42. The summed E-state index contributed by atoms with van der Waals surface area (Å²) in [4.78, 5) is 71.2. The van der Waals surface area contributed by atoms with E-state index in [9.17, 15) is 19.2 Å². The van der Waals surface area contributed by atoms with Crippen molar-refractivity contribution in [2.75, 3.05) is 10.6 Å². The summed E-state index contributed by atoms with van der Waals surface area (Å²) in [7, 11) is 0. The van der Waals surface area contributed by atoms with Crippen LogP contribution in [0, 0.1) is 11.8 Å². The van der Waals surface area contributed by atoms with E-state index in [0.717, 1.165) is 79.0 Å². The predicted octanol–water partition coefficient (Wildman–Crippen LogP) is 6.57. The first-order valence-electron chi connectivity index (χ1n) is 17.1. The number of aromatic nitrogens is 2. The smallest absolute Gasteiger partial charge is 0.201 e. The van der Waals surface area contributed by atoms with Crippen LogP contribution in [0.3, 0.4) is 0 Å². The molecule has 15 aliphatic rings. The van der Waals surface area contributed by atoms with E-state index in [-0.39, 0.29) is 41.5 Å². The van der Waals surface area contributed by atoms with Crippen molar-refractivity contribution in [1.29, 1.82) is 0 Å². The number of allylic oxidation sites excluding steroid dienone is 6. The Morgan fingerprint density at radius 1 is 0.442 bits per heavy atom. The zero-order valence-corrected chi connectivity index (χ0v) is 29.8. The van der Waals surface area contributed by atoms with Gasteiger partial charge in [0.15, 0.2) is 0 Å². The molecular formula is C38H22N6O4S4. The van der Waals surface area contributed by atoms with Gasteiger partial charge >= 0.3 is 0 Å². The molecular weight excluding hydrogens is 733 g/mol. The molecule has 4 N–H and O–H groups in total. The van der Waals surface area contributed by atoms with Crippen LogP contribution in [-0.4, -0.2) is 52.6 Å². The lowest BCUT2D eigenvalue weighted by atomic mass is 9.85. The van der Waals surface area contributed by atoms with Crippen LogP contribution >= 0.6 is 47.0 Å². The third-order valence-electron chi connectivity index (χ3n) is 11.7. The lowest BCUT2D eigenvalue weighted by Crippen LogP contribution is -2.33. The monoisotopic (exact) mass is 754 g/mol. The molecule has 0 saturated carbocycles. The molecule has 8 atom stereocenters. The number of H-pyrrole nitrogens is 2. The van der Waals surface area contributed by atoms with Crippen molar-refractivity contribution < 1.29 is 19.2 Å². The van der Waals surface area contributed by atoms with Crippen LogP contribution < -0.4 is 10.6 Å². The van der Waals surface area contributed by atoms with Crippen LogP contribution in [-0.2, 0) is 19.2 Å². The second kappa shape index (κ2) is 9.72.